The number of thioether (sulfide) groups is 1. The Kier molecular flexibility index (Phi) is 5.53. The fraction of sp³-hybridized carbons (Fsp3) is 0.238. The standard InChI is InChI=1S/C21H21N3O3S/c1-24-17(15-6-3-2-4-7-15)13-22-21(24)28-14-20(25)23-16-8-9-18-19(12-16)27-11-5-10-26-18/h2-4,6-9,12-13H,5,10-11,14H2,1H3,(H,23,25). The Morgan fingerprint density at radius 3 is 2.75 bits per heavy atom. The van der Waals surface area contributed by atoms with E-state index in [9.17, 15) is 4.79 Å². The summed E-state index contributed by atoms with van der Waals surface area (Å²) in [5, 5.41) is 3.71. The van der Waals surface area contributed by atoms with E-state index in [-0.39, 0.29) is 11.7 Å². The van der Waals surface area contributed by atoms with Crippen LogP contribution in [0.5, 0.6) is 11.5 Å². The highest BCUT2D eigenvalue weighted by molar-refractivity contribution is 7.99. The van der Waals surface area contributed by atoms with Gasteiger partial charge in [-0.05, 0) is 17.7 Å². The molecule has 144 valence electrons. The molecular formula is C21H21N3O3S. The predicted octanol–water partition coefficient (Wildman–Crippen LogP) is 3.98. The molecule has 2 heterocycles. The maximum atomic E-state index is 12.4. The summed E-state index contributed by atoms with van der Waals surface area (Å²) in [6, 6.07) is 15.5. The molecule has 0 radical (unpaired) electrons. The largest absolute Gasteiger partial charge is 0.490 e. The zero-order valence-electron chi connectivity index (χ0n) is 15.6. The molecule has 0 spiro atoms. The zero-order chi connectivity index (χ0) is 19.3. The number of anilines is 1. The fourth-order valence-corrected chi connectivity index (χ4v) is 3.72. The molecule has 6 nitrogen and oxygen atoms in total. The van der Waals surface area contributed by atoms with Crippen molar-refractivity contribution in [3.8, 4) is 22.8 Å². The van der Waals surface area contributed by atoms with Gasteiger partial charge in [0.25, 0.3) is 0 Å². The van der Waals surface area contributed by atoms with Crippen LogP contribution in [0.2, 0.25) is 0 Å². The molecule has 2 aromatic carbocycles. The van der Waals surface area contributed by atoms with E-state index in [2.05, 4.69) is 10.3 Å². The maximum absolute atomic E-state index is 12.4. The van der Waals surface area contributed by atoms with Crippen LogP contribution >= 0.6 is 11.8 Å². The average Bonchev–Trinajstić information content (AvgIpc) is 2.92. The first kappa shape index (κ1) is 18.4. The smallest absolute Gasteiger partial charge is 0.234 e. The van der Waals surface area contributed by atoms with Crippen LogP contribution in [-0.4, -0.2) is 34.4 Å². The monoisotopic (exact) mass is 395 g/mol. The number of amides is 1. The van der Waals surface area contributed by atoms with Gasteiger partial charge in [0.1, 0.15) is 0 Å². The summed E-state index contributed by atoms with van der Waals surface area (Å²) in [6.45, 7) is 1.26. The lowest BCUT2D eigenvalue weighted by Gasteiger charge is -2.10. The normalized spacial score (nSPS) is 13.0. The van der Waals surface area contributed by atoms with E-state index in [1.54, 1.807) is 6.07 Å². The molecule has 0 atom stereocenters. The molecule has 0 aliphatic carbocycles. The minimum absolute atomic E-state index is 0.0937. The summed E-state index contributed by atoms with van der Waals surface area (Å²) >= 11 is 1.41. The molecule has 28 heavy (non-hydrogen) atoms. The summed E-state index contributed by atoms with van der Waals surface area (Å²) in [5.41, 5.74) is 2.81. The minimum Gasteiger partial charge on any atom is -0.490 e. The van der Waals surface area contributed by atoms with Gasteiger partial charge < -0.3 is 19.4 Å². The highest BCUT2D eigenvalue weighted by Crippen LogP contribution is 2.32. The van der Waals surface area contributed by atoms with Gasteiger partial charge in [0, 0.05) is 25.2 Å². The lowest BCUT2D eigenvalue weighted by atomic mass is 10.2. The SMILES string of the molecule is Cn1c(-c2ccccc2)cnc1SCC(=O)Nc1ccc2c(c1)OCCCO2. The molecule has 0 unspecified atom stereocenters. The van der Waals surface area contributed by atoms with Gasteiger partial charge in [0.2, 0.25) is 5.91 Å². The molecule has 4 rings (SSSR count). The number of nitrogens with zero attached hydrogens (tertiary/aromatic N) is 2. The molecule has 0 bridgehead atoms. The van der Waals surface area contributed by atoms with Crippen molar-refractivity contribution in [1.29, 1.82) is 0 Å². The molecule has 3 aromatic rings. The molecule has 7 heteroatoms. The summed E-state index contributed by atoms with van der Waals surface area (Å²) in [5.74, 6) is 1.56. The van der Waals surface area contributed by atoms with Crippen LogP contribution in [-0.2, 0) is 11.8 Å². The van der Waals surface area contributed by atoms with Gasteiger partial charge >= 0.3 is 0 Å². The van der Waals surface area contributed by atoms with Gasteiger partial charge in [-0.25, -0.2) is 4.98 Å². The second-order valence-electron chi connectivity index (χ2n) is 6.40. The molecule has 0 saturated heterocycles. The van der Waals surface area contributed by atoms with Gasteiger partial charge in [-0.2, -0.15) is 0 Å². The molecule has 1 aliphatic heterocycles. The number of imidazole rings is 1. The number of aromatic nitrogens is 2. The van der Waals surface area contributed by atoms with Crippen LogP contribution in [0.25, 0.3) is 11.3 Å². The Bertz CT molecular complexity index is 972. The number of hydrogen-bond acceptors (Lipinski definition) is 5. The number of hydrogen-bond donors (Lipinski definition) is 1. The Labute approximate surface area is 167 Å². The highest BCUT2D eigenvalue weighted by Gasteiger charge is 2.14. The predicted molar refractivity (Wildman–Crippen MR) is 110 cm³/mol. The van der Waals surface area contributed by atoms with Crippen LogP contribution in [0, 0.1) is 0 Å². The number of benzene rings is 2. The number of carbonyl (C=O) groups is 1. The van der Waals surface area contributed by atoms with Crippen molar-refractivity contribution in [3.05, 3.63) is 54.7 Å². The molecule has 1 N–H and O–H groups in total. The van der Waals surface area contributed by atoms with Crippen molar-refractivity contribution < 1.29 is 14.3 Å². The third-order valence-electron chi connectivity index (χ3n) is 4.38. The van der Waals surface area contributed by atoms with Crippen LogP contribution in [0.4, 0.5) is 5.69 Å². The average molecular weight is 395 g/mol. The number of fused-ring (bicyclic) bond motifs is 1. The lowest BCUT2D eigenvalue weighted by Crippen LogP contribution is -2.14. The summed E-state index contributed by atoms with van der Waals surface area (Å²) < 4.78 is 13.3. The van der Waals surface area contributed by atoms with Crippen molar-refractivity contribution in [3.63, 3.8) is 0 Å². The Morgan fingerprint density at radius 1 is 1.14 bits per heavy atom. The lowest BCUT2D eigenvalue weighted by molar-refractivity contribution is -0.113. The van der Waals surface area contributed by atoms with Crippen LogP contribution in [0.1, 0.15) is 6.42 Å². The van der Waals surface area contributed by atoms with E-state index in [1.165, 1.54) is 11.8 Å². The quantitative estimate of drug-likeness (QED) is 0.662. The first-order valence-corrected chi connectivity index (χ1v) is 10.1. The minimum atomic E-state index is -0.0937. The van der Waals surface area contributed by atoms with Gasteiger partial charge in [0.05, 0.1) is 30.9 Å². The molecular weight excluding hydrogens is 374 g/mol. The molecule has 0 saturated carbocycles. The Balaban J connectivity index is 1.38. The van der Waals surface area contributed by atoms with E-state index in [0.29, 0.717) is 30.4 Å². The number of nitrogens with one attached hydrogen (secondary N) is 1. The van der Waals surface area contributed by atoms with E-state index in [0.717, 1.165) is 22.8 Å². The third-order valence-corrected chi connectivity index (χ3v) is 5.42. The van der Waals surface area contributed by atoms with E-state index in [1.807, 2.05) is 60.3 Å². The number of carbonyl (C=O) groups excluding carboxylic acids is 1. The maximum Gasteiger partial charge on any atom is 0.234 e. The third kappa shape index (κ3) is 4.14. The van der Waals surface area contributed by atoms with Crippen LogP contribution in [0.15, 0.2) is 59.9 Å². The molecule has 0 fully saturated rings. The topological polar surface area (TPSA) is 65.4 Å². The van der Waals surface area contributed by atoms with E-state index >= 15 is 0 Å². The summed E-state index contributed by atoms with van der Waals surface area (Å²) in [7, 11) is 1.96. The van der Waals surface area contributed by atoms with Crippen LogP contribution < -0.4 is 14.8 Å². The van der Waals surface area contributed by atoms with Crippen molar-refractivity contribution in [1.82, 2.24) is 9.55 Å². The molecule has 1 aliphatic rings. The van der Waals surface area contributed by atoms with Gasteiger partial charge in [0.15, 0.2) is 16.7 Å². The van der Waals surface area contributed by atoms with Gasteiger partial charge in [-0.1, -0.05) is 42.1 Å². The fourth-order valence-electron chi connectivity index (χ4n) is 2.97. The summed E-state index contributed by atoms with van der Waals surface area (Å²) in [4.78, 5) is 16.8. The van der Waals surface area contributed by atoms with Crippen molar-refractivity contribution in [2.45, 2.75) is 11.6 Å². The highest BCUT2D eigenvalue weighted by atomic mass is 32.2. The van der Waals surface area contributed by atoms with Crippen molar-refractivity contribution in [2.24, 2.45) is 7.05 Å². The number of ether oxygens (including phenoxy) is 2. The second kappa shape index (κ2) is 8.39. The first-order chi connectivity index (χ1) is 13.7. The number of rotatable bonds is 5. The first-order valence-electron chi connectivity index (χ1n) is 9.10. The van der Waals surface area contributed by atoms with Crippen molar-refractivity contribution in [2.75, 3.05) is 24.3 Å². The second-order valence-corrected chi connectivity index (χ2v) is 7.34. The van der Waals surface area contributed by atoms with Crippen LogP contribution in [0.3, 0.4) is 0 Å². The van der Waals surface area contributed by atoms with Crippen molar-refractivity contribution >= 4 is 23.4 Å². The molecule has 1 amide bonds. The summed E-state index contributed by atoms with van der Waals surface area (Å²) in [6.07, 6.45) is 2.68. The Hall–Kier alpha value is -2.93. The van der Waals surface area contributed by atoms with E-state index < -0.39 is 0 Å². The van der Waals surface area contributed by atoms with Gasteiger partial charge in [-0.15, -0.1) is 0 Å². The van der Waals surface area contributed by atoms with Gasteiger partial charge in [-0.3, -0.25) is 4.79 Å². The molecule has 1 aromatic heterocycles. The Morgan fingerprint density at radius 2 is 1.93 bits per heavy atom. The van der Waals surface area contributed by atoms with E-state index in [4.69, 9.17) is 9.47 Å². The zero-order valence-corrected chi connectivity index (χ0v) is 16.4.